The van der Waals surface area contributed by atoms with E-state index in [2.05, 4.69) is 5.32 Å². The maximum atomic E-state index is 11.9. The van der Waals surface area contributed by atoms with Crippen LogP contribution in [0.5, 0.6) is 0 Å². The molecule has 0 radical (unpaired) electrons. The third-order valence-corrected chi connectivity index (χ3v) is 3.12. The Balaban J connectivity index is 1.91. The molecule has 2 aromatic heterocycles. The molecule has 3 aromatic rings. The van der Waals surface area contributed by atoms with Gasteiger partial charge in [-0.1, -0.05) is 6.92 Å². The Kier molecular flexibility index (Phi) is 3.35. The molecule has 0 spiro atoms. The molecule has 0 fully saturated rings. The molecule has 0 aliphatic carbocycles. The molecule has 2 heterocycles. The summed E-state index contributed by atoms with van der Waals surface area (Å²) in [4.78, 5) is 23.6. The van der Waals surface area contributed by atoms with Crippen LogP contribution in [-0.2, 0) is 6.54 Å². The Bertz CT molecular complexity index is 827. The van der Waals surface area contributed by atoms with Crippen molar-refractivity contribution in [1.29, 1.82) is 0 Å². The monoisotopic (exact) mass is 286 g/mol. The molecule has 21 heavy (non-hydrogen) atoms. The molecular weight excluding hydrogens is 272 g/mol. The van der Waals surface area contributed by atoms with Crippen molar-refractivity contribution < 1.29 is 13.6 Å². The van der Waals surface area contributed by atoms with Crippen molar-refractivity contribution in [3.63, 3.8) is 0 Å². The van der Waals surface area contributed by atoms with Crippen LogP contribution in [0.3, 0.4) is 0 Å². The first-order valence-corrected chi connectivity index (χ1v) is 6.67. The van der Waals surface area contributed by atoms with E-state index in [0.717, 1.165) is 11.9 Å². The number of carbonyl (C=O) groups excluding carboxylic acids is 1. The van der Waals surface area contributed by atoms with E-state index in [1.165, 1.54) is 6.26 Å². The van der Waals surface area contributed by atoms with Crippen molar-refractivity contribution in [2.24, 2.45) is 0 Å². The van der Waals surface area contributed by atoms with Gasteiger partial charge in [0.05, 0.1) is 11.8 Å². The lowest BCUT2D eigenvalue weighted by atomic mass is 10.2. The smallest absolute Gasteiger partial charge is 0.419 e. The summed E-state index contributed by atoms with van der Waals surface area (Å²) in [6, 6.07) is 8.33. The van der Waals surface area contributed by atoms with E-state index in [4.69, 9.17) is 8.83 Å². The van der Waals surface area contributed by atoms with E-state index in [9.17, 15) is 9.59 Å². The predicted octanol–water partition coefficient (Wildman–Crippen LogP) is 2.85. The molecule has 0 unspecified atom stereocenters. The standard InChI is InChI=1S/C15H14N2O4/c1-2-7-17-11-6-5-10(9-13(11)21-15(17)19)16-14(18)12-4-3-8-20-12/h3-6,8-9H,2,7H2,1H3,(H,16,18). The highest BCUT2D eigenvalue weighted by Crippen LogP contribution is 2.19. The second-order valence-corrected chi connectivity index (χ2v) is 4.63. The quantitative estimate of drug-likeness (QED) is 0.800. The van der Waals surface area contributed by atoms with Gasteiger partial charge in [0.2, 0.25) is 0 Å². The first kappa shape index (κ1) is 13.2. The van der Waals surface area contributed by atoms with Gasteiger partial charge in [-0.3, -0.25) is 9.36 Å². The minimum Gasteiger partial charge on any atom is -0.459 e. The lowest BCUT2D eigenvalue weighted by Crippen LogP contribution is -2.13. The van der Waals surface area contributed by atoms with Gasteiger partial charge in [-0.25, -0.2) is 4.79 Å². The van der Waals surface area contributed by atoms with E-state index < -0.39 is 0 Å². The number of anilines is 1. The first-order valence-electron chi connectivity index (χ1n) is 6.67. The molecule has 1 aromatic carbocycles. The highest BCUT2D eigenvalue weighted by molar-refractivity contribution is 6.02. The number of nitrogens with zero attached hydrogens (tertiary/aromatic N) is 1. The minimum absolute atomic E-state index is 0.222. The van der Waals surface area contributed by atoms with Gasteiger partial charge in [0.15, 0.2) is 11.3 Å². The molecule has 1 amide bonds. The van der Waals surface area contributed by atoms with Crippen molar-refractivity contribution in [2.45, 2.75) is 19.9 Å². The molecule has 0 aliphatic rings. The number of benzene rings is 1. The SMILES string of the molecule is CCCn1c(=O)oc2cc(NC(=O)c3ccco3)ccc21. The molecule has 0 bridgehead atoms. The van der Waals surface area contributed by atoms with Crippen LogP contribution in [0.15, 0.2) is 50.2 Å². The number of aromatic nitrogens is 1. The Hall–Kier alpha value is -2.76. The molecule has 1 N–H and O–H groups in total. The van der Waals surface area contributed by atoms with Crippen molar-refractivity contribution in [2.75, 3.05) is 5.32 Å². The summed E-state index contributed by atoms with van der Waals surface area (Å²) in [5.74, 6) is -0.517. The van der Waals surface area contributed by atoms with Gasteiger partial charge in [0, 0.05) is 18.3 Å². The number of hydrogen-bond donors (Lipinski definition) is 1. The Morgan fingerprint density at radius 1 is 1.33 bits per heavy atom. The lowest BCUT2D eigenvalue weighted by molar-refractivity contribution is 0.0996. The van der Waals surface area contributed by atoms with Crippen LogP contribution < -0.4 is 11.1 Å². The minimum atomic E-state index is -0.388. The van der Waals surface area contributed by atoms with E-state index in [1.54, 1.807) is 34.9 Å². The van der Waals surface area contributed by atoms with Crippen LogP contribution in [0.4, 0.5) is 5.69 Å². The number of rotatable bonds is 4. The Morgan fingerprint density at radius 3 is 2.90 bits per heavy atom. The zero-order chi connectivity index (χ0) is 14.8. The van der Waals surface area contributed by atoms with E-state index >= 15 is 0 Å². The summed E-state index contributed by atoms with van der Waals surface area (Å²) in [7, 11) is 0. The average Bonchev–Trinajstić information content (AvgIpc) is 3.08. The van der Waals surface area contributed by atoms with Crippen molar-refractivity contribution in [3.05, 3.63) is 52.9 Å². The summed E-state index contributed by atoms with van der Waals surface area (Å²) in [6.45, 7) is 2.59. The molecule has 108 valence electrons. The zero-order valence-electron chi connectivity index (χ0n) is 11.5. The number of hydrogen-bond acceptors (Lipinski definition) is 4. The number of nitrogens with one attached hydrogen (secondary N) is 1. The highest BCUT2D eigenvalue weighted by atomic mass is 16.4. The normalized spacial score (nSPS) is 10.9. The summed E-state index contributed by atoms with van der Waals surface area (Å²) in [6.07, 6.45) is 2.27. The van der Waals surface area contributed by atoms with Gasteiger partial charge in [-0.15, -0.1) is 0 Å². The van der Waals surface area contributed by atoms with E-state index in [0.29, 0.717) is 17.8 Å². The van der Waals surface area contributed by atoms with Crippen LogP contribution in [0.2, 0.25) is 0 Å². The van der Waals surface area contributed by atoms with Crippen LogP contribution in [0, 0.1) is 0 Å². The third kappa shape index (κ3) is 2.47. The van der Waals surface area contributed by atoms with E-state index in [-0.39, 0.29) is 17.4 Å². The largest absolute Gasteiger partial charge is 0.459 e. The topological polar surface area (TPSA) is 77.4 Å². The maximum absolute atomic E-state index is 11.9. The lowest BCUT2D eigenvalue weighted by Gasteiger charge is -2.03. The number of furan rings is 1. The molecule has 3 rings (SSSR count). The first-order chi connectivity index (χ1) is 10.2. The summed E-state index contributed by atoms with van der Waals surface area (Å²) in [5.41, 5.74) is 1.71. The molecule has 0 aliphatic heterocycles. The van der Waals surface area contributed by atoms with Crippen molar-refractivity contribution >= 4 is 22.7 Å². The van der Waals surface area contributed by atoms with Gasteiger partial charge in [0.1, 0.15) is 0 Å². The fraction of sp³-hybridized carbons (Fsp3) is 0.200. The molecule has 0 saturated heterocycles. The van der Waals surface area contributed by atoms with Gasteiger partial charge >= 0.3 is 5.76 Å². The molecular formula is C15H14N2O4. The van der Waals surface area contributed by atoms with Crippen LogP contribution >= 0.6 is 0 Å². The molecule has 0 atom stereocenters. The second-order valence-electron chi connectivity index (χ2n) is 4.63. The second kappa shape index (κ2) is 5.32. The number of aryl methyl sites for hydroxylation is 1. The summed E-state index contributed by atoms with van der Waals surface area (Å²) >= 11 is 0. The Labute approximate surface area is 120 Å². The molecule has 6 heteroatoms. The number of oxazole rings is 1. The average molecular weight is 286 g/mol. The summed E-state index contributed by atoms with van der Waals surface area (Å²) in [5, 5.41) is 2.69. The van der Waals surface area contributed by atoms with Gasteiger partial charge < -0.3 is 14.2 Å². The fourth-order valence-electron chi connectivity index (χ4n) is 2.18. The highest BCUT2D eigenvalue weighted by Gasteiger charge is 2.12. The van der Waals surface area contributed by atoms with Crippen LogP contribution in [0.1, 0.15) is 23.9 Å². The van der Waals surface area contributed by atoms with Gasteiger partial charge in [-0.05, 0) is 30.7 Å². The predicted molar refractivity (Wildman–Crippen MR) is 77.4 cm³/mol. The third-order valence-electron chi connectivity index (χ3n) is 3.12. The maximum Gasteiger partial charge on any atom is 0.419 e. The van der Waals surface area contributed by atoms with Crippen molar-refractivity contribution in [3.8, 4) is 0 Å². The number of fused-ring (bicyclic) bond motifs is 1. The molecule has 6 nitrogen and oxygen atoms in total. The fourth-order valence-corrected chi connectivity index (χ4v) is 2.18. The van der Waals surface area contributed by atoms with Crippen LogP contribution in [-0.4, -0.2) is 10.5 Å². The number of carbonyl (C=O) groups is 1. The van der Waals surface area contributed by atoms with Gasteiger partial charge in [0.25, 0.3) is 5.91 Å². The van der Waals surface area contributed by atoms with Crippen LogP contribution in [0.25, 0.3) is 11.1 Å². The zero-order valence-corrected chi connectivity index (χ0v) is 11.5. The van der Waals surface area contributed by atoms with E-state index in [1.807, 2.05) is 6.92 Å². The summed E-state index contributed by atoms with van der Waals surface area (Å²) < 4.78 is 11.8. The van der Waals surface area contributed by atoms with Crippen molar-refractivity contribution in [1.82, 2.24) is 4.57 Å². The Morgan fingerprint density at radius 2 is 2.19 bits per heavy atom. The van der Waals surface area contributed by atoms with Gasteiger partial charge in [-0.2, -0.15) is 0 Å². The molecule has 0 saturated carbocycles. The number of amides is 1.